The van der Waals surface area contributed by atoms with Crippen molar-refractivity contribution in [2.45, 2.75) is 31.8 Å². The van der Waals surface area contributed by atoms with Gasteiger partial charge in [-0.3, -0.25) is 4.79 Å². The standard InChI is InChI=1S/C19H22N2O2/c1-14(23)21-17-7-4-5-15(11-17)12-20-19(13-22)10-9-16-6-2-3-8-18(16)19/h2-8,11,20,22H,9-10,12-13H2,1H3,(H,21,23). The summed E-state index contributed by atoms with van der Waals surface area (Å²) in [5.74, 6) is -0.0772. The molecule has 0 aromatic heterocycles. The predicted octanol–water partition coefficient (Wildman–Crippen LogP) is 2.57. The molecule has 0 spiro atoms. The first-order chi connectivity index (χ1) is 11.1. The zero-order chi connectivity index (χ0) is 16.3. The Hall–Kier alpha value is -2.17. The van der Waals surface area contributed by atoms with Crippen molar-refractivity contribution < 1.29 is 9.90 Å². The van der Waals surface area contributed by atoms with Crippen LogP contribution in [-0.2, 0) is 23.3 Å². The molecule has 1 atom stereocenters. The van der Waals surface area contributed by atoms with E-state index in [0.717, 1.165) is 24.1 Å². The van der Waals surface area contributed by atoms with Gasteiger partial charge in [-0.05, 0) is 41.7 Å². The molecule has 3 N–H and O–H groups in total. The number of rotatable bonds is 5. The molecule has 120 valence electrons. The number of carbonyl (C=O) groups is 1. The lowest BCUT2D eigenvalue weighted by Crippen LogP contribution is -2.43. The van der Waals surface area contributed by atoms with Crippen molar-refractivity contribution in [1.29, 1.82) is 0 Å². The largest absolute Gasteiger partial charge is 0.394 e. The van der Waals surface area contributed by atoms with Crippen molar-refractivity contribution in [3.8, 4) is 0 Å². The highest BCUT2D eigenvalue weighted by Crippen LogP contribution is 2.36. The topological polar surface area (TPSA) is 61.4 Å². The summed E-state index contributed by atoms with van der Waals surface area (Å²) in [6.45, 7) is 2.22. The molecule has 1 aliphatic rings. The minimum absolute atomic E-state index is 0.0772. The summed E-state index contributed by atoms with van der Waals surface area (Å²) >= 11 is 0. The zero-order valence-corrected chi connectivity index (χ0v) is 13.3. The molecule has 4 heteroatoms. The van der Waals surface area contributed by atoms with E-state index < -0.39 is 0 Å². The van der Waals surface area contributed by atoms with Gasteiger partial charge in [-0.15, -0.1) is 0 Å². The summed E-state index contributed by atoms with van der Waals surface area (Å²) in [5, 5.41) is 16.3. The Morgan fingerprint density at radius 1 is 1.22 bits per heavy atom. The summed E-state index contributed by atoms with van der Waals surface area (Å²) in [6.07, 6.45) is 1.88. The van der Waals surface area contributed by atoms with Crippen LogP contribution in [0.4, 0.5) is 5.69 Å². The van der Waals surface area contributed by atoms with Crippen molar-refractivity contribution in [1.82, 2.24) is 5.32 Å². The third-order valence-corrected chi connectivity index (χ3v) is 4.50. The molecule has 2 aromatic rings. The van der Waals surface area contributed by atoms with E-state index in [9.17, 15) is 9.90 Å². The van der Waals surface area contributed by atoms with Gasteiger partial charge in [-0.2, -0.15) is 0 Å². The van der Waals surface area contributed by atoms with Crippen LogP contribution in [0.15, 0.2) is 48.5 Å². The molecule has 23 heavy (non-hydrogen) atoms. The molecule has 0 saturated heterocycles. The number of fused-ring (bicyclic) bond motifs is 1. The van der Waals surface area contributed by atoms with E-state index in [1.54, 1.807) is 0 Å². The van der Waals surface area contributed by atoms with Crippen LogP contribution in [0.2, 0.25) is 0 Å². The Morgan fingerprint density at radius 2 is 2.04 bits per heavy atom. The fraction of sp³-hybridized carbons (Fsp3) is 0.316. The average Bonchev–Trinajstić information content (AvgIpc) is 2.92. The van der Waals surface area contributed by atoms with E-state index in [0.29, 0.717) is 6.54 Å². The molecular formula is C19H22N2O2. The Morgan fingerprint density at radius 3 is 2.83 bits per heavy atom. The fourth-order valence-electron chi connectivity index (χ4n) is 3.33. The Kier molecular flexibility index (Phi) is 4.46. The molecule has 0 radical (unpaired) electrons. The maximum atomic E-state index is 11.2. The van der Waals surface area contributed by atoms with E-state index in [2.05, 4.69) is 22.8 Å². The van der Waals surface area contributed by atoms with Crippen LogP contribution >= 0.6 is 0 Å². The first-order valence-corrected chi connectivity index (χ1v) is 7.94. The Bertz CT molecular complexity index is 714. The third kappa shape index (κ3) is 3.28. The number of hydrogen-bond donors (Lipinski definition) is 3. The number of hydrogen-bond acceptors (Lipinski definition) is 3. The summed E-state index contributed by atoms with van der Waals surface area (Å²) in [7, 11) is 0. The van der Waals surface area contributed by atoms with Gasteiger partial charge in [-0.1, -0.05) is 36.4 Å². The molecule has 0 fully saturated rings. The van der Waals surface area contributed by atoms with Crippen LogP contribution < -0.4 is 10.6 Å². The summed E-state index contributed by atoms with van der Waals surface area (Å²) in [5.41, 5.74) is 4.00. The van der Waals surface area contributed by atoms with Crippen molar-refractivity contribution in [3.05, 3.63) is 65.2 Å². The monoisotopic (exact) mass is 310 g/mol. The van der Waals surface area contributed by atoms with Crippen molar-refractivity contribution in [2.75, 3.05) is 11.9 Å². The Balaban J connectivity index is 1.76. The summed E-state index contributed by atoms with van der Waals surface area (Å²) in [6, 6.07) is 16.1. The SMILES string of the molecule is CC(=O)Nc1cccc(CNC2(CO)CCc3ccccc32)c1. The number of carbonyl (C=O) groups excluding carboxylic acids is 1. The van der Waals surface area contributed by atoms with Gasteiger partial charge in [0.05, 0.1) is 12.1 Å². The van der Waals surface area contributed by atoms with Gasteiger partial charge in [0.15, 0.2) is 0 Å². The van der Waals surface area contributed by atoms with E-state index in [4.69, 9.17) is 0 Å². The van der Waals surface area contributed by atoms with Crippen molar-refractivity contribution in [2.24, 2.45) is 0 Å². The fourth-order valence-corrected chi connectivity index (χ4v) is 3.33. The van der Waals surface area contributed by atoms with Gasteiger partial charge >= 0.3 is 0 Å². The smallest absolute Gasteiger partial charge is 0.221 e. The molecule has 1 aliphatic carbocycles. The van der Waals surface area contributed by atoms with Gasteiger partial charge in [0.1, 0.15) is 0 Å². The minimum atomic E-state index is -0.374. The van der Waals surface area contributed by atoms with Gasteiger partial charge in [0, 0.05) is 19.2 Å². The minimum Gasteiger partial charge on any atom is -0.394 e. The molecule has 2 aromatic carbocycles. The van der Waals surface area contributed by atoms with Gasteiger partial charge in [0.25, 0.3) is 0 Å². The van der Waals surface area contributed by atoms with E-state index in [1.807, 2.05) is 36.4 Å². The number of aliphatic hydroxyl groups excluding tert-OH is 1. The van der Waals surface area contributed by atoms with Crippen LogP contribution in [0.5, 0.6) is 0 Å². The molecule has 0 heterocycles. The summed E-state index contributed by atoms with van der Waals surface area (Å²) in [4.78, 5) is 11.2. The normalized spacial score (nSPS) is 19.4. The first-order valence-electron chi connectivity index (χ1n) is 7.94. The predicted molar refractivity (Wildman–Crippen MR) is 91.1 cm³/mol. The molecule has 1 unspecified atom stereocenters. The first kappa shape index (κ1) is 15.7. The molecule has 4 nitrogen and oxygen atoms in total. The molecule has 1 amide bonds. The Labute approximate surface area is 136 Å². The van der Waals surface area contributed by atoms with Crippen LogP contribution in [0.25, 0.3) is 0 Å². The highest BCUT2D eigenvalue weighted by atomic mass is 16.3. The lowest BCUT2D eigenvalue weighted by molar-refractivity contribution is -0.114. The van der Waals surface area contributed by atoms with E-state index in [1.165, 1.54) is 18.1 Å². The van der Waals surface area contributed by atoms with E-state index in [-0.39, 0.29) is 18.1 Å². The molecule has 0 aliphatic heterocycles. The lowest BCUT2D eigenvalue weighted by atomic mass is 9.92. The zero-order valence-electron chi connectivity index (χ0n) is 13.3. The second kappa shape index (κ2) is 6.52. The van der Waals surface area contributed by atoms with Crippen molar-refractivity contribution in [3.63, 3.8) is 0 Å². The average molecular weight is 310 g/mol. The molecule has 3 rings (SSSR count). The maximum Gasteiger partial charge on any atom is 0.221 e. The van der Waals surface area contributed by atoms with Gasteiger partial charge in [0.2, 0.25) is 5.91 Å². The van der Waals surface area contributed by atoms with Crippen LogP contribution in [0.3, 0.4) is 0 Å². The maximum absolute atomic E-state index is 11.2. The number of aliphatic hydroxyl groups is 1. The second-order valence-electron chi connectivity index (χ2n) is 6.13. The molecular weight excluding hydrogens is 288 g/mol. The quantitative estimate of drug-likeness (QED) is 0.795. The second-order valence-corrected chi connectivity index (χ2v) is 6.13. The lowest BCUT2D eigenvalue weighted by Gasteiger charge is -2.30. The number of benzene rings is 2. The van der Waals surface area contributed by atoms with E-state index >= 15 is 0 Å². The summed E-state index contributed by atoms with van der Waals surface area (Å²) < 4.78 is 0. The highest BCUT2D eigenvalue weighted by molar-refractivity contribution is 5.88. The van der Waals surface area contributed by atoms with Crippen molar-refractivity contribution >= 4 is 11.6 Å². The van der Waals surface area contributed by atoms with Gasteiger partial charge < -0.3 is 15.7 Å². The highest BCUT2D eigenvalue weighted by Gasteiger charge is 2.37. The molecule has 0 bridgehead atoms. The third-order valence-electron chi connectivity index (χ3n) is 4.50. The molecule has 0 saturated carbocycles. The van der Waals surface area contributed by atoms with Gasteiger partial charge in [-0.25, -0.2) is 0 Å². The van der Waals surface area contributed by atoms with Crippen LogP contribution in [0.1, 0.15) is 30.0 Å². The number of aryl methyl sites for hydroxylation is 1. The number of amides is 1. The van der Waals surface area contributed by atoms with Crippen LogP contribution in [0, 0.1) is 0 Å². The number of anilines is 1. The van der Waals surface area contributed by atoms with Crippen LogP contribution in [-0.4, -0.2) is 17.6 Å². The number of nitrogens with one attached hydrogen (secondary N) is 2.